The highest BCUT2D eigenvalue weighted by atomic mass is 15.0. The Morgan fingerprint density at radius 3 is 3.25 bits per heavy atom. The van der Waals surface area contributed by atoms with Gasteiger partial charge in [0.25, 0.3) is 0 Å². The van der Waals surface area contributed by atoms with Crippen LogP contribution in [0.5, 0.6) is 0 Å². The summed E-state index contributed by atoms with van der Waals surface area (Å²) < 4.78 is 0. The number of rotatable bonds is 2. The SMILES string of the molecule is CNCc1nc2ncncc2[nH]1. The maximum absolute atomic E-state index is 4.23. The fourth-order valence-corrected chi connectivity index (χ4v) is 1.06. The minimum absolute atomic E-state index is 0.718. The summed E-state index contributed by atoms with van der Waals surface area (Å²) >= 11 is 0. The van der Waals surface area contributed by atoms with E-state index in [0.29, 0.717) is 0 Å². The number of hydrogen-bond acceptors (Lipinski definition) is 4. The molecule has 5 heteroatoms. The van der Waals surface area contributed by atoms with Gasteiger partial charge in [-0.1, -0.05) is 0 Å². The molecule has 0 amide bonds. The highest BCUT2D eigenvalue weighted by Crippen LogP contribution is 2.04. The summed E-state index contributed by atoms with van der Waals surface area (Å²) in [4.78, 5) is 15.2. The summed E-state index contributed by atoms with van der Waals surface area (Å²) in [5.74, 6) is 0.882. The second kappa shape index (κ2) is 2.86. The zero-order valence-corrected chi connectivity index (χ0v) is 6.70. The maximum atomic E-state index is 4.23. The van der Waals surface area contributed by atoms with Crippen molar-refractivity contribution in [2.75, 3.05) is 7.05 Å². The molecule has 5 nitrogen and oxygen atoms in total. The number of aromatic amines is 1. The summed E-state index contributed by atoms with van der Waals surface area (Å²) in [6, 6.07) is 0. The maximum Gasteiger partial charge on any atom is 0.180 e. The third kappa shape index (κ3) is 1.14. The molecular weight excluding hydrogens is 154 g/mol. The van der Waals surface area contributed by atoms with E-state index >= 15 is 0 Å². The van der Waals surface area contributed by atoms with Gasteiger partial charge in [0.1, 0.15) is 17.7 Å². The standard InChI is InChI=1S/C7H9N5/c1-8-3-6-11-5-2-9-4-10-7(5)12-6/h2,4,8H,3H2,1H3,(H,9,10,11,12). The monoisotopic (exact) mass is 163 g/mol. The number of hydrogen-bond donors (Lipinski definition) is 2. The quantitative estimate of drug-likeness (QED) is 0.657. The first-order valence-corrected chi connectivity index (χ1v) is 3.69. The van der Waals surface area contributed by atoms with Gasteiger partial charge in [0.05, 0.1) is 12.7 Å². The van der Waals surface area contributed by atoms with Crippen molar-refractivity contribution in [3.05, 3.63) is 18.3 Å². The molecule has 0 aliphatic carbocycles. The molecular formula is C7H9N5. The summed E-state index contributed by atoms with van der Waals surface area (Å²) in [6.07, 6.45) is 3.21. The molecule has 0 atom stereocenters. The molecule has 0 aromatic carbocycles. The molecule has 2 rings (SSSR count). The molecule has 62 valence electrons. The lowest BCUT2D eigenvalue weighted by molar-refractivity contribution is 0.774. The van der Waals surface area contributed by atoms with Crippen molar-refractivity contribution in [1.29, 1.82) is 0 Å². The van der Waals surface area contributed by atoms with Crippen LogP contribution < -0.4 is 5.32 Å². The molecule has 2 heterocycles. The van der Waals surface area contributed by atoms with Crippen LogP contribution in [-0.2, 0) is 6.54 Å². The number of nitrogens with one attached hydrogen (secondary N) is 2. The number of aromatic nitrogens is 4. The van der Waals surface area contributed by atoms with E-state index in [1.165, 1.54) is 6.33 Å². The average Bonchev–Trinajstić information content (AvgIpc) is 2.47. The molecule has 0 fully saturated rings. The Morgan fingerprint density at radius 2 is 2.50 bits per heavy atom. The molecule has 2 N–H and O–H groups in total. The summed E-state index contributed by atoms with van der Waals surface area (Å²) in [7, 11) is 1.87. The van der Waals surface area contributed by atoms with Crippen LogP contribution in [0.4, 0.5) is 0 Å². The molecule has 12 heavy (non-hydrogen) atoms. The van der Waals surface area contributed by atoms with Crippen molar-refractivity contribution >= 4 is 11.2 Å². The van der Waals surface area contributed by atoms with Crippen LogP contribution in [0.2, 0.25) is 0 Å². The van der Waals surface area contributed by atoms with Crippen molar-refractivity contribution in [2.45, 2.75) is 6.54 Å². The van der Waals surface area contributed by atoms with Gasteiger partial charge in [0.15, 0.2) is 5.65 Å². The predicted molar refractivity (Wildman–Crippen MR) is 44.4 cm³/mol. The zero-order valence-electron chi connectivity index (χ0n) is 6.70. The van der Waals surface area contributed by atoms with Crippen LogP contribution in [0.3, 0.4) is 0 Å². The normalized spacial score (nSPS) is 10.8. The van der Waals surface area contributed by atoms with E-state index in [9.17, 15) is 0 Å². The van der Waals surface area contributed by atoms with E-state index in [4.69, 9.17) is 0 Å². The van der Waals surface area contributed by atoms with Gasteiger partial charge < -0.3 is 10.3 Å². The van der Waals surface area contributed by atoms with Crippen molar-refractivity contribution < 1.29 is 0 Å². The Kier molecular flexibility index (Phi) is 1.71. The van der Waals surface area contributed by atoms with E-state index < -0.39 is 0 Å². The lowest BCUT2D eigenvalue weighted by atomic mass is 10.6. The van der Waals surface area contributed by atoms with E-state index in [-0.39, 0.29) is 0 Å². The molecule has 0 aliphatic rings. The minimum Gasteiger partial charge on any atom is -0.338 e. The Balaban J connectivity index is 2.47. The van der Waals surface area contributed by atoms with E-state index in [0.717, 1.165) is 23.5 Å². The van der Waals surface area contributed by atoms with Gasteiger partial charge in [-0.25, -0.2) is 15.0 Å². The smallest absolute Gasteiger partial charge is 0.180 e. The number of nitrogens with zero attached hydrogens (tertiary/aromatic N) is 3. The molecule has 0 spiro atoms. The molecule has 2 aromatic heterocycles. The highest BCUT2D eigenvalue weighted by Gasteiger charge is 2.00. The molecule has 2 aromatic rings. The Hall–Kier alpha value is -1.49. The molecule has 0 radical (unpaired) electrons. The second-order valence-electron chi connectivity index (χ2n) is 2.47. The van der Waals surface area contributed by atoms with Gasteiger partial charge >= 0.3 is 0 Å². The van der Waals surface area contributed by atoms with Crippen LogP contribution in [0.25, 0.3) is 11.2 Å². The van der Waals surface area contributed by atoms with Crippen LogP contribution >= 0.6 is 0 Å². The summed E-state index contributed by atoms with van der Waals surface area (Å²) in [5, 5.41) is 3.00. The fourth-order valence-electron chi connectivity index (χ4n) is 1.06. The highest BCUT2D eigenvalue weighted by molar-refractivity contribution is 5.68. The summed E-state index contributed by atoms with van der Waals surface area (Å²) in [6.45, 7) is 0.719. The van der Waals surface area contributed by atoms with Crippen molar-refractivity contribution in [2.24, 2.45) is 0 Å². The number of fused-ring (bicyclic) bond motifs is 1. The average molecular weight is 163 g/mol. The molecule has 0 saturated heterocycles. The molecule has 0 unspecified atom stereocenters. The third-order valence-corrected chi connectivity index (χ3v) is 1.56. The van der Waals surface area contributed by atoms with Crippen LogP contribution in [0.1, 0.15) is 5.82 Å². The fraction of sp³-hybridized carbons (Fsp3) is 0.286. The van der Waals surface area contributed by atoms with E-state index in [2.05, 4.69) is 25.3 Å². The molecule has 0 bridgehead atoms. The van der Waals surface area contributed by atoms with Gasteiger partial charge in [-0.05, 0) is 7.05 Å². The minimum atomic E-state index is 0.718. The predicted octanol–water partition coefficient (Wildman–Crippen LogP) is 0.0723. The Bertz CT molecular complexity index is 347. The van der Waals surface area contributed by atoms with Gasteiger partial charge in [-0.15, -0.1) is 0 Å². The number of imidazole rings is 1. The lowest BCUT2D eigenvalue weighted by Gasteiger charge is -1.89. The van der Waals surface area contributed by atoms with Gasteiger partial charge in [0, 0.05) is 0 Å². The Morgan fingerprint density at radius 1 is 1.58 bits per heavy atom. The van der Waals surface area contributed by atoms with E-state index in [1.54, 1.807) is 6.20 Å². The van der Waals surface area contributed by atoms with Crippen LogP contribution in [-0.4, -0.2) is 27.0 Å². The van der Waals surface area contributed by atoms with Crippen LogP contribution in [0.15, 0.2) is 12.5 Å². The third-order valence-electron chi connectivity index (χ3n) is 1.56. The van der Waals surface area contributed by atoms with Crippen molar-refractivity contribution in [3.63, 3.8) is 0 Å². The molecule has 0 aliphatic heterocycles. The zero-order chi connectivity index (χ0) is 8.39. The first kappa shape index (κ1) is 7.17. The largest absolute Gasteiger partial charge is 0.338 e. The van der Waals surface area contributed by atoms with E-state index in [1.807, 2.05) is 7.05 Å². The summed E-state index contributed by atoms with van der Waals surface area (Å²) in [5.41, 5.74) is 1.60. The Labute approximate surface area is 69.3 Å². The lowest BCUT2D eigenvalue weighted by Crippen LogP contribution is -2.06. The second-order valence-corrected chi connectivity index (χ2v) is 2.47. The number of H-pyrrole nitrogens is 1. The van der Waals surface area contributed by atoms with Gasteiger partial charge in [0.2, 0.25) is 0 Å². The van der Waals surface area contributed by atoms with Crippen LogP contribution in [0, 0.1) is 0 Å². The molecule has 0 saturated carbocycles. The van der Waals surface area contributed by atoms with Gasteiger partial charge in [-0.3, -0.25) is 0 Å². The first-order valence-electron chi connectivity index (χ1n) is 3.69. The van der Waals surface area contributed by atoms with Crippen molar-refractivity contribution in [3.8, 4) is 0 Å². The van der Waals surface area contributed by atoms with Crippen molar-refractivity contribution in [1.82, 2.24) is 25.3 Å². The topological polar surface area (TPSA) is 66.5 Å². The first-order chi connectivity index (χ1) is 5.90. The van der Waals surface area contributed by atoms with Gasteiger partial charge in [-0.2, -0.15) is 0 Å².